The van der Waals surface area contributed by atoms with Crippen molar-refractivity contribution in [2.75, 3.05) is 26.3 Å². The van der Waals surface area contributed by atoms with Gasteiger partial charge in [0.25, 0.3) is 5.91 Å². The van der Waals surface area contributed by atoms with Gasteiger partial charge in [0.05, 0.1) is 25.6 Å². The molecule has 2 aromatic carbocycles. The topological polar surface area (TPSA) is 83.8 Å². The van der Waals surface area contributed by atoms with Crippen LogP contribution < -0.4 is 24.3 Å². The number of aromatic nitrogens is 2. The van der Waals surface area contributed by atoms with Crippen molar-refractivity contribution < 1.29 is 23.7 Å². The van der Waals surface area contributed by atoms with Gasteiger partial charge in [-0.2, -0.15) is 5.10 Å². The zero-order valence-corrected chi connectivity index (χ0v) is 15.7. The van der Waals surface area contributed by atoms with Gasteiger partial charge in [0, 0.05) is 18.7 Å². The number of aryl methyl sites for hydroxylation is 1. The lowest BCUT2D eigenvalue weighted by atomic mass is 10.1. The smallest absolute Gasteiger partial charge is 0.276 e. The zero-order chi connectivity index (χ0) is 19.7. The maximum atomic E-state index is 12.7. The molecule has 28 heavy (non-hydrogen) atoms. The molecule has 0 saturated carbocycles. The molecular formula is C20H19N3O5. The van der Waals surface area contributed by atoms with Crippen LogP contribution in [0.1, 0.15) is 10.5 Å². The highest BCUT2D eigenvalue weighted by Crippen LogP contribution is 2.36. The fourth-order valence-electron chi connectivity index (χ4n) is 2.99. The van der Waals surface area contributed by atoms with E-state index in [4.69, 9.17) is 18.9 Å². The Morgan fingerprint density at radius 1 is 1.07 bits per heavy atom. The minimum Gasteiger partial charge on any atom is -0.497 e. The number of ether oxygens (including phenoxy) is 4. The molecule has 0 radical (unpaired) electrons. The van der Waals surface area contributed by atoms with Gasteiger partial charge in [0.1, 0.15) is 11.5 Å². The molecule has 1 amide bonds. The molecule has 0 atom stereocenters. The average Bonchev–Trinajstić information content (AvgIpc) is 3.34. The predicted molar refractivity (Wildman–Crippen MR) is 102 cm³/mol. The van der Waals surface area contributed by atoms with Gasteiger partial charge >= 0.3 is 0 Å². The van der Waals surface area contributed by atoms with Gasteiger partial charge in [-0.25, -0.2) is 0 Å². The summed E-state index contributed by atoms with van der Waals surface area (Å²) in [5.74, 6) is 2.17. The number of hydrogen-bond donors (Lipinski definition) is 1. The first kappa shape index (κ1) is 17.7. The van der Waals surface area contributed by atoms with Gasteiger partial charge in [-0.1, -0.05) is 0 Å². The van der Waals surface area contributed by atoms with E-state index in [0.29, 0.717) is 28.7 Å². The number of anilines is 1. The molecule has 0 bridgehead atoms. The molecule has 4 rings (SSSR count). The van der Waals surface area contributed by atoms with Crippen molar-refractivity contribution in [2.24, 2.45) is 7.05 Å². The first-order chi connectivity index (χ1) is 13.6. The standard InChI is InChI=1S/C20H19N3O5/c1-23-16(12-4-7-17-19(8-12)28-11-27-17)10-15(22-23)20(24)21-14-6-5-13(25-2)9-18(14)26-3/h4-10H,11H2,1-3H3,(H,21,24). The lowest BCUT2D eigenvalue weighted by Crippen LogP contribution is -2.13. The number of amides is 1. The van der Waals surface area contributed by atoms with Gasteiger partial charge in [0.15, 0.2) is 17.2 Å². The number of nitrogens with zero attached hydrogens (tertiary/aromatic N) is 2. The summed E-state index contributed by atoms with van der Waals surface area (Å²) in [6.45, 7) is 0.210. The van der Waals surface area contributed by atoms with Crippen LogP contribution in [0.4, 0.5) is 5.69 Å². The first-order valence-corrected chi connectivity index (χ1v) is 8.56. The molecule has 3 aromatic rings. The van der Waals surface area contributed by atoms with E-state index in [2.05, 4.69) is 10.4 Å². The number of rotatable bonds is 5. The summed E-state index contributed by atoms with van der Waals surface area (Å²) in [5, 5.41) is 7.16. The molecule has 0 aliphatic carbocycles. The molecule has 1 aliphatic rings. The van der Waals surface area contributed by atoms with Crippen molar-refractivity contribution in [1.29, 1.82) is 0 Å². The summed E-state index contributed by atoms with van der Waals surface area (Å²) >= 11 is 0. The van der Waals surface area contributed by atoms with E-state index in [1.807, 2.05) is 18.2 Å². The van der Waals surface area contributed by atoms with E-state index >= 15 is 0 Å². The number of fused-ring (bicyclic) bond motifs is 1. The molecule has 0 saturated heterocycles. The minimum atomic E-state index is -0.342. The van der Waals surface area contributed by atoms with Crippen LogP contribution in [-0.2, 0) is 7.05 Å². The zero-order valence-electron chi connectivity index (χ0n) is 15.7. The molecule has 144 valence electrons. The van der Waals surface area contributed by atoms with Gasteiger partial charge in [0.2, 0.25) is 6.79 Å². The van der Waals surface area contributed by atoms with Crippen LogP contribution in [0, 0.1) is 0 Å². The van der Waals surface area contributed by atoms with Crippen LogP contribution in [0.5, 0.6) is 23.0 Å². The predicted octanol–water partition coefficient (Wildman–Crippen LogP) is 3.09. The molecule has 0 unspecified atom stereocenters. The third kappa shape index (κ3) is 3.20. The molecule has 8 nitrogen and oxygen atoms in total. The van der Waals surface area contributed by atoms with Crippen molar-refractivity contribution in [3.05, 3.63) is 48.2 Å². The Hall–Kier alpha value is -3.68. The lowest BCUT2D eigenvalue weighted by molar-refractivity contribution is 0.102. The summed E-state index contributed by atoms with van der Waals surface area (Å²) in [4.78, 5) is 12.7. The quantitative estimate of drug-likeness (QED) is 0.731. The second kappa shape index (κ2) is 7.15. The largest absolute Gasteiger partial charge is 0.497 e. The van der Waals surface area contributed by atoms with Gasteiger partial charge < -0.3 is 24.3 Å². The van der Waals surface area contributed by atoms with E-state index in [1.54, 1.807) is 43.1 Å². The summed E-state index contributed by atoms with van der Waals surface area (Å²) < 4.78 is 22.9. The van der Waals surface area contributed by atoms with Crippen LogP contribution in [-0.4, -0.2) is 36.7 Å². The maximum Gasteiger partial charge on any atom is 0.276 e. The van der Waals surface area contributed by atoms with Crippen LogP contribution >= 0.6 is 0 Å². The minimum absolute atomic E-state index is 0.210. The van der Waals surface area contributed by atoms with Crippen LogP contribution in [0.15, 0.2) is 42.5 Å². The molecule has 1 aliphatic heterocycles. The van der Waals surface area contributed by atoms with Crippen molar-refractivity contribution in [3.8, 4) is 34.3 Å². The van der Waals surface area contributed by atoms with Gasteiger partial charge in [-0.3, -0.25) is 9.48 Å². The highest BCUT2D eigenvalue weighted by atomic mass is 16.7. The highest BCUT2D eigenvalue weighted by molar-refractivity contribution is 6.04. The third-order valence-electron chi connectivity index (χ3n) is 4.44. The molecule has 2 heterocycles. The van der Waals surface area contributed by atoms with Crippen LogP contribution in [0.2, 0.25) is 0 Å². The van der Waals surface area contributed by atoms with E-state index in [1.165, 1.54) is 7.11 Å². The second-order valence-corrected chi connectivity index (χ2v) is 6.13. The summed E-state index contributed by atoms with van der Waals surface area (Å²) in [5.41, 5.74) is 2.47. The molecule has 0 spiro atoms. The highest BCUT2D eigenvalue weighted by Gasteiger charge is 2.19. The number of carbonyl (C=O) groups is 1. The summed E-state index contributed by atoms with van der Waals surface area (Å²) in [6.07, 6.45) is 0. The molecule has 8 heteroatoms. The SMILES string of the molecule is COc1ccc(NC(=O)c2cc(-c3ccc4c(c3)OCO4)n(C)n2)c(OC)c1. The van der Waals surface area contributed by atoms with Crippen LogP contribution in [0.25, 0.3) is 11.3 Å². The summed E-state index contributed by atoms with van der Waals surface area (Å²) in [6, 6.07) is 12.5. The van der Waals surface area contributed by atoms with Crippen molar-refractivity contribution in [3.63, 3.8) is 0 Å². The second-order valence-electron chi connectivity index (χ2n) is 6.13. The average molecular weight is 381 g/mol. The Morgan fingerprint density at radius 3 is 2.68 bits per heavy atom. The number of methoxy groups -OCH3 is 2. The van der Waals surface area contributed by atoms with E-state index in [-0.39, 0.29) is 18.4 Å². The molecular weight excluding hydrogens is 362 g/mol. The Balaban J connectivity index is 1.59. The van der Waals surface area contributed by atoms with E-state index < -0.39 is 0 Å². The van der Waals surface area contributed by atoms with Gasteiger partial charge in [-0.05, 0) is 36.4 Å². The van der Waals surface area contributed by atoms with Crippen molar-refractivity contribution >= 4 is 11.6 Å². The van der Waals surface area contributed by atoms with E-state index in [0.717, 1.165) is 11.3 Å². The number of carbonyl (C=O) groups excluding carboxylic acids is 1. The fourth-order valence-corrected chi connectivity index (χ4v) is 2.99. The van der Waals surface area contributed by atoms with E-state index in [9.17, 15) is 4.79 Å². The Morgan fingerprint density at radius 2 is 1.89 bits per heavy atom. The van der Waals surface area contributed by atoms with Gasteiger partial charge in [-0.15, -0.1) is 0 Å². The van der Waals surface area contributed by atoms with Crippen molar-refractivity contribution in [1.82, 2.24) is 9.78 Å². The maximum absolute atomic E-state index is 12.7. The lowest BCUT2D eigenvalue weighted by Gasteiger charge is -2.10. The monoisotopic (exact) mass is 381 g/mol. The molecule has 1 aromatic heterocycles. The Bertz CT molecular complexity index is 1040. The first-order valence-electron chi connectivity index (χ1n) is 8.56. The number of benzene rings is 2. The van der Waals surface area contributed by atoms with Crippen LogP contribution in [0.3, 0.4) is 0 Å². The Kier molecular flexibility index (Phi) is 4.52. The van der Waals surface area contributed by atoms with Crippen molar-refractivity contribution in [2.45, 2.75) is 0 Å². The molecule has 0 fully saturated rings. The molecule has 1 N–H and O–H groups in total. The number of hydrogen-bond acceptors (Lipinski definition) is 6. The third-order valence-corrected chi connectivity index (χ3v) is 4.44. The fraction of sp³-hybridized carbons (Fsp3) is 0.200. The number of nitrogens with one attached hydrogen (secondary N) is 1. The summed E-state index contributed by atoms with van der Waals surface area (Å²) in [7, 11) is 4.88. The normalized spacial score (nSPS) is 12.0. The Labute approximate surface area is 161 Å².